The fraction of sp³-hybridized carbons (Fsp3) is 0.310. The van der Waals surface area contributed by atoms with Gasteiger partial charge in [0.15, 0.2) is 11.5 Å². The molecule has 3 aromatic rings. The van der Waals surface area contributed by atoms with E-state index in [1.165, 1.54) is 25.3 Å². The quantitative estimate of drug-likeness (QED) is 0.270. The molecule has 1 aliphatic heterocycles. The van der Waals surface area contributed by atoms with E-state index in [4.69, 9.17) is 18.9 Å². The molecule has 3 aromatic carbocycles. The van der Waals surface area contributed by atoms with Crippen molar-refractivity contribution in [3.63, 3.8) is 0 Å². The van der Waals surface area contributed by atoms with Gasteiger partial charge in [-0.1, -0.05) is 45.4 Å². The van der Waals surface area contributed by atoms with Gasteiger partial charge < -0.3 is 18.9 Å². The summed E-state index contributed by atoms with van der Waals surface area (Å²) in [6, 6.07) is 15.9. The summed E-state index contributed by atoms with van der Waals surface area (Å²) in [5, 5.41) is 0. The summed E-state index contributed by atoms with van der Waals surface area (Å²) >= 11 is 0. The van der Waals surface area contributed by atoms with Gasteiger partial charge in [0.1, 0.15) is 5.75 Å². The number of hydrogen-bond donors (Lipinski definition) is 1. The molecule has 1 aliphatic rings. The minimum absolute atomic E-state index is 0. The number of carbonyl (C=O) groups is 2. The van der Waals surface area contributed by atoms with E-state index in [9.17, 15) is 18.0 Å². The molecule has 207 valence electrons. The van der Waals surface area contributed by atoms with Crippen molar-refractivity contribution >= 4 is 73.3 Å². The molecular formula is C29H31KNO8S. The first-order chi connectivity index (χ1) is 18.6. The molecule has 0 aliphatic carbocycles. The summed E-state index contributed by atoms with van der Waals surface area (Å²) in [5.74, 6) is 0.0876. The van der Waals surface area contributed by atoms with Gasteiger partial charge in [-0.05, 0) is 65.9 Å². The Morgan fingerprint density at radius 2 is 1.62 bits per heavy atom. The van der Waals surface area contributed by atoms with Crippen LogP contribution in [0.4, 0.5) is 0 Å². The Balaban J connectivity index is 0.00000441. The Kier molecular flexibility index (Phi) is 11.2. The number of amides is 1. The van der Waals surface area contributed by atoms with Crippen molar-refractivity contribution < 1.29 is 37.0 Å². The molecule has 0 fully saturated rings. The molecule has 0 saturated carbocycles. The Morgan fingerprint density at radius 3 is 2.27 bits per heavy atom. The molecule has 1 atom stereocenters. The fourth-order valence-corrected chi connectivity index (χ4v) is 5.14. The minimum atomic E-state index is -4.20. The summed E-state index contributed by atoms with van der Waals surface area (Å²) in [6.45, 7) is 6.01. The number of hydrogen-bond acceptors (Lipinski definition) is 8. The van der Waals surface area contributed by atoms with Crippen molar-refractivity contribution in [2.24, 2.45) is 0 Å². The predicted octanol–water partition coefficient (Wildman–Crippen LogP) is 4.52. The molecule has 1 radical (unpaired) electrons. The SMILES string of the molecule is CCCc1cc(C(=O)OC)ccc1OC(C(=O)NS(=O)(=O)c1ccc(C(C)C)cc1)c1ccc2c(c1)OCO2.[K]. The number of rotatable bonds is 10. The average molecular weight is 593 g/mol. The number of ether oxygens (including phenoxy) is 4. The Hall–Kier alpha value is -2.41. The van der Waals surface area contributed by atoms with Crippen LogP contribution in [0.25, 0.3) is 0 Å². The van der Waals surface area contributed by atoms with Crippen LogP contribution in [0.15, 0.2) is 65.6 Å². The molecule has 0 bridgehead atoms. The molecule has 4 rings (SSSR count). The average Bonchev–Trinajstić information content (AvgIpc) is 3.39. The minimum Gasteiger partial charge on any atom is -0.475 e. The third kappa shape index (κ3) is 7.45. The van der Waals surface area contributed by atoms with Crippen molar-refractivity contribution in [3.05, 3.63) is 82.9 Å². The standard InChI is InChI=1S/C29H31NO8S.K/c1-5-6-20-15-22(29(32)35-4)10-13-24(20)38-27(21-9-14-25-26(16-21)37-17-36-25)28(31)30-39(33,34)23-11-7-19(8-12-23)18(2)3;/h7-16,18,27H,5-6,17H2,1-4H3,(H,30,31);. The fourth-order valence-electron chi connectivity index (χ4n) is 4.16. The molecule has 9 nitrogen and oxygen atoms in total. The van der Waals surface area contributed by atoms with Crippen molar-refractivity contribution in [2.45, 2.75) is 50.5 Å². The van der Waals surface area contributed by atoms with Crippen LogP contribution in [-0.2, 0) is 26.0 Å². The second kappa shape index (κ2) is 14.0. The second-order valence-corrected chi connectivity index (χ2v) is 11.1. The summed E-state index contributed by atoms with van der Waals surface area (Å²) in [4.78, 5) is 25.6. The second-order valence-electron chi connectivity index (χ2n) is 9.37. The smallest absolute Gasteiger partial charge is 0.337 e. The van der Waals surface area contributed by atoms with E-state index in [0.717, 1.165) is 12.0 Å². The van der Waals surface area contributed by atoms with E-state index >= 15 is 0 Å². The Labute approximate surface area is 277 Å². The normalized spacial score (nSPS) is 12.8. The number of benzene rings is 3. The summed E-state index contributed by atoms with van der Waals surface area (Å²) in [5.41, 5.74) is 2.35. The van der Waals surface area contributed by atoms with Crippen LogP contribution in [-0.4, -0.2) is 85.6 Å². The molecule has 40 heavy (non-hydrogen) atoms. The van der Waals surface area contributed by atoms with Crippen LogP contribution in [0.1, 0.15) is 66.3 Å². The molecule has 0 saturated heterocycles. The van der Waals surface area contributed by atoms with Gasteiger partial charge in [-0.3, -0.25) is 4.79 Å². The van der Waals surface area contributed by atoms with Crippen molar-refractivity contribution in [1.82, 2.24) is 4.72 Å². The van der Waals surface area contributed by atoms with Gasteiger partial charge in [0.2, 0.25) is 12.9 Å². The van der Waals surface area contributed by atoms with E-state index in [0.29, 0.717) is 40.4 Å². The van der Waals surface area contributed by atoms with Gasteiger partial charge in [-0.25, -0.2) is 17.9 Å². The number of carbonyl (C=O) groups excluding carboxylic acids is 2. The van der Waals surface area contributed by atoms with Gasteiger partial charge in [0.25, 0.3) is 15.9 Å². The first-order valence-electron chi connectivity index (χ1n) is 12.6. The third-order valence-corrected chi connectivity index (χ3v) is 7.64. The number of fused-ring (bicyclic) bond motifs is 1. The molecule has 11 heteroatoms. The monoisotopic (exact) mass is 592 g/mol. The topological polar surface area (TPSA) is 117 Å². The summed E-state index contributed by atoms with van der Waals surface area (Å²) in [6.07, 6.45) is -0.0672. The van der Waals surface area contributed by atoms with Crippen LogP contribution in [0.2, 0.25) is 0 Å². The zero-order chi connectivity index (χ0) is 28.2. The number of methoxy groups -OCH3 is 1. The van der Waals surface area contributed by atoms with E-state index in [-0.39, 0.29) is 69.0 Å². The summed E-state index contributed by atoms with van der Waals surface area (Å²) < 4.78 is 50.3. The van der Waals surface area contributed by atoms with Crippen LogP contribution in [0.5, 0.6) is 17.2 Å². The van der Waals surface area contributed by atoms with Crippen molar-refractivity contribution in [3.8, 4) is 17.2 Å². The number of nitrogens with one attached hydrogen (secondary N) is 1. The van der Waals surface area contributed by atoms with E-state index in [2.05, 4.69) is 4.72 Å². The van der Waals surface area contributed by atoms with Crippen LogP contribution in [0.3, 0.4) is 0 Å². The number of sulfonamides is 1. The zero-order valence-electron chi connectivity index (χ0n) is 23.2. The van der Waals surface area contributed by atoms with E-state index in [1.807, 2.05) is 20.8 Å². The maximum atomic E-state index is 13.5. The maximum absolute atomic E-state index is 13.5. The van der Waals surface area contributed by atoms with Crippen LogP contribution < -0.4 is 18.9 Å². The number of esters is 1. The molecular weight excluding hydrogens is 561 g/mol. The predicted molar refractivity (Wildman–Crippen MR) is 149 cm³/mol. The first kappa shape index (κ1) is 32.1. The van der Waals surface area contributed by atoms with Gasteiger partial charge >= 0.3 is 5.97 Å². The Bertz CT molecular complexity index is 1470. The number of aryl methyl sites for hydroxylation is 1. The van der Waals surface area contributed by atoms with Crippen molar-refractivity contribution in [1.29, 1.82) is 0 Å². The third-order valence-electron chi connectivity index (χ3n) is 6.28. The molecule has 0 spiro atoms. The molecule has 1 amide bonds. The van der Waals surface area contributed by atoms with Crippen molar-refractivity contribution in [2.75, 3.05) is 13.9 Å². The van der Waals surface area contributed by atoms with E-state index < -0.39 is 28.0 Å². The molecule has 1 heterocycles. The largest absolute Gasteiger partial charge is 0.475 e. The van der Waals surface area contributed by atoms with E-state index in [1.54, 1.807) is 42.5 Å². The molecule has 0 aromatic heterocycles. The molecule has 1 unspecified atom stereocenters. The van der Waals surface area contributed by atoms with Gasteiger partial charge in [0.05, 0.1) is 17.6 Å². The van der Waals surface area contributed by atoms with Gasteiger partial charge in [-0.2, -0.15) is 0 Å². The van der Waals surface area contributed by atoms with Gasteiger partial charge in [0, 0.05) is 56.9 Å². The zero-order valence-corrected chi connectivity index (χ0v) is 27.2. The summed E-state index contributed by atoms with van der Waals surface area (Å²) in [7, 11) is -2.90. The molecule has 1 N–H and O–H groups in total. The van der Waals surface area contributed by atoms with Gasteiger partial charge in [-0.15, -0.1) is 0 Å². The maximum Gasteiger partial charge on any atom is 0.337 e. The first-order valence-corrected chi connectivity index (χ1v) is 14.0. The Morgan fingerprint density at radius 1 is 0.950 bits per heavy atom. The van der Waals surface area contributed by atoms with Crippen LogP contribution in [0, 0.1) is 0 Å². The van der Waals surface area contributed by atoms with Crippen LogP contribution >= 0.6 is 0 Å².